The van der Waals surface area contributed by atoms with Gasteiger partial charge in [-0.3, -0.25) is 4.79 Å². The average Bonchev–Trinajstić information content (AvgIpc) is 2.98. The van der Waals surface area contributed by atoms with Crippen molar-refractivity contribution in [2.75, 3.05) is 17.2 Å². The first-order valence-electron chi connectivity index (χ1n) is 7.49. The van der Waals surface area contributed by atoms with E-state index >= 15 is 0 Å². The molecule has 2 rings (SSSR count). The minimum atomic E-state index is -0.680. The van der Waals surface area contributed by atoms with Crippen LogP contribution in [0.15, 0.2) is 22.5 Å². The highest BCUT2D eigenvalue weighted by molar-refractivity contribution is 8.02. The van der Waals surface area contributed by atoms with Gasteiger partial charge in [-0.05, 0) is 25.5 Å². The van der Waals surface area contributed by atoms with Crippen molar-refractivity contribution in [3.8, 4) is 0 Å². The lowest BCUT2D eigenvalue weighted by Crippen LogP contribution is -2.23. The first kappa shape index (κ1) is 18.6. The van der Waals surface area contributed by atoms with Crippen molar-refractivity contribution in [2.45, 2.75) is 36.3 Å². The van der Waals surface area contributed by atoms with E-state index < -0.39 is 22.8 Å². The predicted molar refractivity (Wildman–Crippen MR) is 93.6 cm³/mol. The van der Waals surface area contributed by atoms with Crippen molar-refractivity contribution < 1.29 is 13.6 Å². The summed E-state index contributed by atoms with van der Waals surface area (Å²) in [5.41, 5.74) is -0.174. The number of unbranched alkanes of at least 4 members (excludes halogenated alkanes) is 1. The van der Waals surface area contributed by atoms with E-state index in [1.54, 1.807) is 6.92 Å². The number of amides is 1. The number of nitrogens with one attached hydrogen (secondary N) is 2. The molecular formula is C15H18F2N4OS2. The van der Waals surface area contributed by atoms with Crippen LogP contribution in [0.1, 0.15) is 26.7 Å². The number of nitrogens with zero attached hydrogens (tertiary/aromatic N) is 2. The zero-order valence-corrected chi connectivity index (χ0v) is 14.9. The third kappa shape index (κ3) is 5.41. The third-order valence-electron chi connectivity index (χ3n) is 3.05. The van der Waals surface area contributed by atoms with Crippen molar-refractivity contribution in [3.63, 3.8) is 0 Å². The molecule has 0 spiro atoms. The molecule has 1 atom stereocenters. The first-order chi connectivity index (χ1) is 11.5. The highest BCUT2D eigenvalue weighted by atomic mass is 32.2. The van der Waals surface area contributed by atoms with E-state index in [-0.39, 0.29) is 5.69 Å². The Kier molecular flexibility index (Phi) is 6.92. The van der Waals surface area contributed by atoms with Crippen LogP contribution in [0.25, 0.3) is 0 Å². The Morgan fingerprint density at radius 1 is 1.38 bits per heavy atom. The lowest BCUT2D eigenvalue weighted by molar-refractivity contribution is -0.115. The molecule has 1 heterocycles. The molecule has 0 aliphatic heterocycles. The van der Waals surface area contributed by atoms with Gasteiger partial charge in [-0.25, -0.2) is 8.78 Å². The molecule has 0 saturated heterocycles. The molecular weight excluding hydrogens is 354 g/mol. The van der Waals surface area contributed by atoms with Gasteiger partial charge in [0.25, 0.3) is 0 Å². The van der Waals surface area contributed by atoms with Crippen molar-refractivity contribution in [1.82, 2.24) is 10.2 Å². The van der Waals surface area contributed by atoms with Gasteiger partial charge in [-0.1, -0.05) is 36.4 Å². The first-order valence-corrected chi connectivity index (χ1v) is 9.19. The second-order valence-electron chi connectivity index (χ2n) is 5.03. The number of hydrogen-bond donors (Lipinski definition) is 2. The predicted octanol–water partition coefficient (Wildman–Crippen LogP) is 4.15. The standard InChI is InChI=1S/C15H18F2N4OS2/c1-3-4-7-18-14-20-21-15(24-14)23-9(2)13(22)19-12-8-10(16)5-6-11(12)17/h5-6,8-9H,3-4,7H2,1-2H3,(H,18,20)(H,19,22)/t9-/m1/s1. The van der Waals surface area contributed by atoms with Gasteiger partial charge in [-0.2, -0.15) is 0 Å². The zero-order chi connectivity index (χ0) is 17.5. The van der Waals surface area contributed by atoms with Gasteiger partial charge in [0.15, 0.2) is 4.34 Å². The normalized spacial score (nSPS) is 12.0. The SMILES string of the molecule is CCCCNc1nnc(S[C@H](C)C(=O)Nc2cc(F)ccc2F)s1. The maximum Gasteiger partial charge on any atom is 0.237 e. The van der Waals surface area contributed by atoms with Gasteiger partial charge in [0.05, 0.1) is 10.9 Å². The monoisotopic (exact) mass is 372 g/mol. The Morgan fingerprint density at radius 3 is 2.92 bits per heavy atom. The Morgan fingerprint density at radius 2 is 2.17 bits per heavy atom. The van der Waals surface area contributed by atoms with Crippen LogP contribution in [0.4, 0.5) is 19.6 Å². The van der Waals surface area contributed by atoms with Crippen LogP contribution in [0, 0.1) is 11.6 Å². The Labute approximate surface area is 147 Å². The summed E-state index contributed by atoms with van der Waals surface area (Å²) in [4.78, 5) is 12.1. The summed E-state index contributed by atoms with van der Waals surface area (Å²) >= 11 is 2.57. The fraction of sp³-hybridized carbons (Fsp3) is 0.400. The zero-order valence-electron chi connectivity index (χ0n) is 13.3. The van der Waals surface area contributed by atoms with E-state index in [1.165, 1.54) is 23.1 Å². The molecule has 1 amide bonds. The molecule has 0 radical (unpaired) electrons. The molecule has 2 N–H and O–H groups in total. The summed E-state index contributed by atoms with van der Waals surface area (Å²) in [6.45, 7) is 4.60. The number of benzene rings is 1. The molecule has 0 aliphatic carbocycles. The Bertz CT molecular complexity index is 696. The molecule has 5 nitrogen and oxygen atoms in total. The van der Waals surface area contributed by atoms with Crippen LogP contribution >= 0.6 is 23.1 Å². The fourth-order valence-corrected chi connectivity index (χ4v) is 3.65. The minimum absolute atomic E-state index is 0.174. The second-order valence-corrected chi connectivity index (χ2v) is 7.59. The summed E-state index contributed by atoms with van der Waals surface area (Å²) in [6, 6.07) is 2.92. The molecule has 1 aromatic heterocycles. The number of hydrogen-bond acceptors (Lipinski definition) is 6. The van der Waals surface area contributed by atoms with Gasteiger partial charge in [0.2, 0.25) is 11.0 Å². The van der Waals surface area contributed by atoms with Crippen LogP contribution in [-0.4, -0.2) is 27.9 Å². The highest BCUT2D eigenvalue weighted by Crippen LogP contribution is 2.29. The number of aromatic nitrogens is 2. The third-order valence-corrected chi connectivity index (χ3v) is 5.11. The smallest absolute Gasteiger partial charge is 0.237 e. The van der Waals surface area contributed by atoms with Crippen LogP contribution in [0.3, 0.4) is 0 Å². The Balaban J connectivity index is 1.90. The van der Waals surface area contributed by atoms with Crippen LogP contribution in [0.5, 0.6) is 0 Å². The lowest BCUT2D eigenvalue weighted by atomic mass is 10.3. The van der Waals surface area contributed by atoms with Crippen molar-refractivity contribution in [2.24, 2.45) is 0 Å². The summed E-state index contributed by atoms with van der Waals surface area (Å²) in [5.74, 6) is -1.72. The number of carbonyl (C=O) groups is 1. The largest absolute Gasteiger partial charge is 0.360 e. The quantitative estimate of drug-likeness (QED) is 0.538. The molecule has 0 fully saturated rings. The van der Waals surface area contributed by atoms with E-state index in [1.807, 2.05) is 0 Å². The van der Waals surface area contributed by atoms with Crippen molar-refractivity contribution in [3.05, 3.63) is 29.8 Å². The van der Waals surface area contributed by atoms with Crippen LogP contribution < -0.4 is 10.6 Å². The van der Waals surface area contributed by atoms with Gasteiger partial charge >= 0.3 is 0 Å². The molecule has 0 aliphatic rings. The molecule has 9 heteroatoms. The lowest BCUT2D eigenvalue weighted by Gasteiger charge is -2.10. The van der Waals surface area contributed by atoms with Gasteiger partial charge < -0.3 is 10.6 Å². The topological polar surface area (TPSA) is 66.9 Å². The number of halogens is 2. The fourth-order valence-electron chi connectivity index (χ4n) is 1.73. The van der Waals surface area contributed by atoms with Crippen LogP contribution in [0.2, 0.25) is 0 Å². The van der Waals surface area contributed by atoms with Crippen LogP contribution in [-0.2, 0) is 4.79 Å². The molecule has 24 heavy (non-hydrogen) atoms. The molecule has 1 aromatic carbocycles. The second kappa shape index (κ2) is 8.93. The number of rotatable bonds is 8. The van der Waals surface area contributed by atoms with Gasteiger partial charge in [-0.15, -0.1) is 10.2 Å². The molecule has 0 unspecified atom stereocenters. The minimum Gasteiger partial charge on any atom is -0.360 e. The molecule has 130 valence electrons. The van der Waals surface area contributed by atoms with E-state index in [0.29, 0.717) is 9.47 Å². The van der Waals surface area contributed by atoms with E-state index in [0.717, 1.165) is 37.6 Å². The average molecular weight is 372 g/mol. The maximum atomic E-state index is 13.6. The highest BCUT2D eigenvalue weighted by Gasteiger charge is 2.18. The molecule has 0 bridgehead atoms. The van der Waals surface area contributed by atoms with E-state index in [4.69, 9.17) is 0 Å². The summed E-state index contributed by atoms with van der Waals surface area (Å²) in [6.07, 6.45) is 2.13. The number of anilines is 2. The summed E-state index contributed by atoms with van der Waals surface area (Å²) in [7, 11) is 0. The van der Waals surface area contributed by atoms with Crippen molar-refractivity contribution in [1.29, 1.82) is 0 Å². The molecule has 0 saturated carbocycles. The van der Waals surface area contributed by atoms with Crippen molar-refractivity contribution >= 4 is 39.8 Å². The van der Waals surface area contributed by atoms with Gasteiger partial charge in [0.1, 0.15) is 11.6 Å². The maximum absolute atomic E-state index is 13.6. The summed E-state index contributed by atoms with van der Waals surface area (Å²) in [5, 5.41) is 13.7. The number of carbonyl (C=O) groups excluding carboxylic acids is 1. The summed E-state index contributed by atoms with van der Waals surface area (Å²) < 4.78 is 27.3. The van der Waals surface area contributed by atoms with E-state index in [2.05, 4.69) is 27.8 Å². The Hall–Kier alpha value is -1.74. The van der Waals surface area contributed by atoms with Gasteiger partial charge in [0, 0.05) is 12.6 Å². The van der Waals surface area contributed by atoms with E-state index in [9.17, 15) is 13.6 Å². The number of thioether (sulfide) groups is 1. The molecule has 2 aromatic rings.